The minimum Gasteiger partial charge on any atom is -0.452 e. The predicted molar refractivity (Wildman–Crippen MR) is 403 cm³/mol. The van der Waals surface area contributed by atoms with Gasteiger partial charge in [0.1, 0.15) is 48.8 Å². The van der Waals surface area contributed by atoms with Crippen molar-refractivity contribution in [2.75, 3.05) is 26.9 Å². The molecule has 0 N–H and O–H groups in total. The first-order valence-electron chi connectivity index (χ1n) is 36.7. The van der Waals surface area contributed by atoms with Gasteiger partial charge in [0.2, 0.25) is 0 Å². The molecule has 20 nitrogen and oxygen atoms in total. The molecule has 568 valence electrons. The Morgan fingerprint density at radius 3 is 0.945 bits per heavy atom. The largest absolute Gasteiger partial charge is 0.452 e. The molecule has 0 aromatic heterocycles. The molecule has 3 fully saturated rings. The smallest absolute Gasteiger partial charge is 0.338 e. The summed E-state index contributed by atoms with van der Waals surface area (Å²) in [4.78, 5) is 60.7. The van der Waals surface area contributed by atoms with E-state index in [1.165, 1.54) is 7.11 Å². The van der Waals surface area contributed by atoms with Crippen LogP contribution in [0, 0.1) is 6.92 Å². The van der Waals surface area contributed by atoms with E-state index in [0.29, 0.717) is 0 Å². The molecule has 0 bridgehead atoms. The van der Waals surface area contributed by atoms with E-state index in [9.17, 15) is 0 Å². The fraction of sp³-hybridized carbons (Fsp3) is 0.289. The SMILES string of the molecule is CO[C@H]1O[C@H](COCc2ccccc2)[C@@H](OCc2ccccc2)[C@H](O[C@@H]2O[C@H](CO[C@@H]3O[C@H](COCc4ccccc4)[C@@H](OCc4ccccc4)[C@H](OCc4ccccc4)[C@H]3OC(=O)c3ccc(C)cc3)[C@@H](OC(=O)c3ccccc3)[C@H](OC(=O)c3ccccc3)[C@H]2OC(=O)c2ccccc2)[C@H]1OCc1ccccc1. The molecule has 3 aliphatic heterocycles. The molecule has 10 aromatic rings. The molecule has 3 heterocycles. The monoisotopic (exact) mass is 1490 g/mol. The normalized spacial score (nSPS) is 23.8. The average molecular weight is 1490 g/mol. The van der Waals surface area contributed by atoms with Crippen LogP contribution in [0.3, 0.4) is 0 Å². The molecule has 0 radical (unpaired) electrons. The van der Waals surface area contributed by atoms with Crippen molar-refractivity contribution in [1.82, 2.24) is 0 Å². The van der Waals surface area contributed by atoms with Crippen molar-refractivity contribution in [1.29, 1.82) is 0 Å². The number of hydrogen-bond acceptors (Lipinski definition) is 20. The summed E-state index contributed by atoms with van der Waals surface area (Å²) in [5, 5.41) is 0. The van der Waals surface area contributed by atoms with E-state index in [-0.39, 0.29) is 75.1 Å². The van der Waals surface area contributed by atoms with Crippen LogP contribution in [0.25, 0.3) is 0 Å². The van der Waals surface area contributed by atoms with Gasteiger partial charge in [-0.15, -0.1) is 0 Å². The van der Waals surface area contributed by atoms with Crippen LogP contribution in [0.15, 0.2) is 297 Å². The van der Waals surface area contributed by atoms with Crippen LogP contribution in [0.1, 0.15) is 80.4 Å². The number of aryl methyl sites for hydroxylation is 1. The number of esters is 4. The van der Waals surface area contributed by atoms with Crippen LogP contribution in [0.4, 0.5) is 0 Å². The lowest BCUT2D eigenvalue weighted by Gasteiger charge is -2.50. The highest BCUT2D eigenvalue weighted by atomic mass is 16.8. The molecule has 0 saturated carbocycles. The van der Waals surface area contributed by atoms with E-state index in [1.54, 1.807) is 115 Å². The first kappa shape index (κ1) is 77.7. The molecule has 3 aliphatic rings. The van der Waals surface area contributed by atoms with Gasteiger partial charge in [0, 0.05) is 7.11 Å². The molecular formula is C90H88O20. The minimum absolute atomic E-state index is 0.00166. The molecule has 0 amide bonds. The highest BCUT2D eigenvalue weighted by molar-refractivity contribution is 5.91. The quantitative estimate of drug-likeness (QED) is 0.0271. The summed E-state index contributed by atoms with van der Waals surface area (Å²) in [6.45, 7) is 1.51. The highest BCUT2D eigenvalue weighted by Crippen LogP contribution is 2.39. The maximum atomic E-state index is 15.3. The second-order valence-corrected chi connectivity index (χ2v) is 26.8. The van der Waals surface area contributed by atoms with E-state index >= 15 is 19.2 Å². The van der Waals surface area contributed by atoms with E-state index in [4.69, 9.17) is 75.8 Å². The van der Waals surface area contributed by atoms with Crippen LogP contribution in [-0.4, -0.2) is 143 Å². The highest BCUT2D eigenvalue weighted by Gasteiger charge is 2.58. The zero-order valence-electron chi connectivity index (χ0n) is 61.0. The minimum atomic E-state index is -1.87. The second-order valence-electron chi connectivity index (χ2n) is 26.8. The van der Waals surface area contributed by atoms with Gasteiger partial charge >= 0.3 is 23.9 Å². The van der Waals surface area contributed by atoms with Gasteiger partial charge in [-0.3, -0.25) is 0 Å². The van der Waals surface area contributed by atoms with Crippen LogP contribution >= 0.6 is 0 Å². The Balaban J connectivity index is 0.951. The van der Waals surface area contributed by atoms with Crippen molar-refractivity contribution >= 4 is 23.9 Å². The summed E-state index contributed by atoms with van der Waals surface area (Å²) >= 11 is 0. The van der Waals surface area contributed by atoms with Gasteiger partial charge in [-0.1, -0.05) is 254 Å². The van der Waals surface area contributed by atoms with E-state index in [2.05, 4.69) is 0 Å². The third-order valence-electron chi connectivity index (χ3n) is 18.9. The van der Waals surface area contributed by atoms with E-state index in [1.807, 2.05) is 189 Å². The summed E-state index contributed by atoms with van der Waals surface area (Å²) in [7, 11) is 1.47. The number of carbonyl (C=O) groups is 4. The lowest BCUT2D eigenvalue weighted by Crippen LogP contribution is -2.67. The van der Waals surface area contributed by atoms with Gasteiger partial charge in [-0.25, -0.2) is 19.2 Å². The maximum Gasteiger partial charge on any atom is 0.338 e. The lowest BCUT2D eigenvalue weighted by atomic mass is 9.95. The number of methoxy groups -OCH3 is 1. The second kappa shape index (κ2) is 39.8. The Labute approximate surface area is 639 Å². The van der Waals surface area contributed by atoms with Crippen molar-refractivity contribution in [2.24, 2.45) is 0 Å². The molecule has 15 atom stereocenters. The van der Waals surface area contributed by atoms with Crippen molar-refractivity contribution in [3.05, 3.63) is 358 Å². The Bertz CT molecular complexity index is 4410. The molecule has 3 saturated heterocycles. The third-order valence-corrected chi connectivity index (χ3v) is 18.9. The summed E-state index contributed by atoms with van der Waals surface area (Å²) in [6, 6.07) is 88.7. The van der Waals surface area contributed by atoms with Gasteiger partial charge in [-0.05, 0) is 88.8 Å². The van der Waals surface area contributed by atoms with Crippen LogP contribution < -0.4 is 0 Å². The lowest BCUT2D eigenvalue weighted by molar-refractivity contribution is -0.372. The Morgan fingerprint density at radius 2 is 0.555 bits per heavy atom. The molecule has 10 aromatic carbocycles. The number of benzene rings is 10. The van der Waals surface area contributed by atoms with Crippen LogP contribution in [0.2, 0.25) is 0 Å². The Hall–Kier alpha value is -10.4. The summed E-state index contributed by atoms with van der Waals surface area (Å²) in [5.41, 5.74) is 6.35. The van der Waals surface area contributed by atoms with Crippen molar-refractivity contribution in [2.45, 2.75) is 139 Å². The predicted octanol–water partition coefficient (Wildman–Crippen LogP) is 14.2. The van der Waals surface area contributed by atoms with Crippen LogP contribution in [-0.2, 0) is 115 Å². The van der Waals surface area contributed by atoms with Gasteiger partial charge in [0.25, 0.3) is 0 Å². The van der Waals surface area contributed by atoms with Crippen molar-refractivity contribution in [3.8, 4) is 0 Å². The van der Waals surface area contributed by atoms with Gasteiger partial charge in [0.15, 0.2) is 43.3 Å². The van der Waals surface area contributed by atoms with E-state index < -0.39 is 123 Å². The van der Waals surface area contributed by atoms with Gasteiger partial charge in [0.05, 0.1) is 81.7 Å². The summed E-state index contributed by atoms with van der Waals surface area (Å²) in [5.74, 6) is -3.46. The van der Waals surface area contributed by atoms with Gasteiger partial charge in [-0.2, -0.15) is 0 Å². The number of ether oxygens (including phenoxy) is 16. The number of rotatable bonds is 34. The number of carbonyl (C=O) groups excluding carboxylic acids is 4. The Kier molecular flexibility index (Phi) is 28.1. The zero-order valence-corrected chi connectivity index (χ0v) is 61.0. The standard InChI is InChI=1S/C90H88O20/c1-61-48-50-71(51-49-61)87(94)108-82-78(100-56-66-38-20-7-21-39-66)75(98-54-64-34-16-5-17-35-64)72(58-96-52-62-30-12-3-13-31-62)104-89(82)102-60-74-77(106-84(91)68-42-24-9-25-43-68)80(107-85(92)69-44-26-10-27-45-69)83(109-86(93)70-46-28-11-29-47-70)90(105-74)110-79-76(99-55-65-36-18-6-19-37-65)73(59-97-53-63-32-14-4-15-33-63)103-88(95-2)81(79)101-57-67-40-22-8-23-41-67/h3-51,72-83,88-90H,52-60H2,1-2H3/t72-,73-,74-,75-,76-,77-,78+,79+,80+,81-,82-,83-,88+,89-,90+/m1/s1. The first-order valence-corrected chi connectivity index (χ1v) is 36.7. The molecule has 0 aliphatic carbocycles. The molecule has 20 heteroatoms. The fourth-order valence-corrected chi connectivity index (χ4v) is 13.2. The topological polar surface area (TPSA) is 216 Å². The molecular weight excluding hydrogens is 1400 g/mol. The molecule has 110 heavy (non-hydrogen) atoms. The maximum absolute atomic E-state index is 15.3. The third kappa shape index (κ3) is 21.3. The van der Waals surface area contributed by atoms with Crippen molar-refractivity contribution in [3.63, 3.8) is 0 Å². The molecule has 0 spiro atoms. The molecule has 0 unspecified atom stereocenters. The molecule has 13 rings (SSSR count). The fourth-order valence-electron chi connectivity index (χ4n) is 13.2. The summed E-state index contributed by atoms with van der Waals surface area (Å²) in [6.07, 6.45) is -21.2. The van der Waals surface area contributed by atoms with Crippen LogP contribution in [0.5, 0.6) is 0 Å². The van der Waals surface area contributed by atoms with E-state index in [0.717, 1.165) is 38.9 Å². The first-order chi connectivity index (χ1) is 54.1. The zero-order chi connectivity index (χ0) is 75.6. The van der Waals surface area contributed by atoms with Gasteiger partial charge < -0.3 is 75.8 Å². The summed E-state index contributed by atoms with van der Waals surface area (Å²) < 4.78 is 110. The average Bonchev–Trinajstić information content (AvgIpc) is 0.763. The Morgan fingerprint density at radius 1 is 0.264 bits per heavy atom. The number of hydrogen-bond donors (Lipinski definition) is 0. The van der Waals surface area contributed by atoms with Crippen molar-refractivity contribution < 1.29 is 95.0 Å².